The van der Waals surface area contributed by atoms with E-state index in [2.05, 4.69) is 41.2 Å². The summed E-state index contributed by atoms with van der Waals surface area (Å²) >= 11 is 0. The Morgan fingerprint density at radius 3 is 2.15 bits per heavy atom. The van der Waals surface area contributed by atoms with Gasteiger partial charge in [0, 0.05) is 46.8 Å². The highest BCUT2D eigenvalue weighted by Crippen LogP contribution is 2.57. The average Bonchev–Trinajstić information content (AvgIpc) is 3.64. The van der Waals surface area contributed by atoms with Crippen LogP contribution in [0.1, 0.15) is 155 Å². The van der Waals surface area contributed by atoms with Gasteiger partial charge in [-0.25, -0.2) is 0 Å². The predicted molar refractivity (Wildman–Crippen MR) is 209 cm³/mol. The van der Waals surface area contributed by atoms with Crippen LogP contribution < -0.4 is 14.8 Å². The molecule has 290 valence electrons. The summed E-state index contributed by atoms with van der Waals surface area (Å²) in [7, 11) is 2.06. The largest absolute Gasteiger partial charge is 0.507 e. The summed E-state index contributed by atoms with van der Waals surface area (Å²) in [6.07, 6.45) is 18.8. The fourth-order valence-electron chi connectivity index (χ4n) is 9.88. The molecule has 2 bridgehead atoms. The average molecular weight is 729 g/mol. The number of unbranched alkanes of at least 4 members (excludes halogenated alkanes) is 12. The molecule has 9 heteroatoms. The van der Waals surface area contributed by atoms with E-state index in [1.54, 1.807) is 0 Å². The van der Waals surface area contributed by atoms with Gasteiger partial charge in [-0.05, 0) is 63.8 Å². The molecule has 1 amide bonds. The number of carbonyl (C=O) groups excluding carboxylic acids is 1. The lowest BCUT2D eigenvalue weighted by Crippen LogP contribution is -2.68. The number of rotatable bonds is 17. The highest BCUT2D eigenvalue weighted by Gasteiger charge is 2.56. The van der Waals surface area contributed by atoms with E-state index in [-0.39, 0.29) is 49.0 Å². The minimum Gasteiger partial charge on any atom is -0.507 e. The van der Waals surface area contributed by atoms with E-state index in [4.69, 9.17) is 9.47 Å². The van der Waals surface area contributed by atoms with Crippen molar-refractivity contribution in [2.45, 2.75) is 168 Å². The molecule has 4 aliphatic heterocycles. The number of aryl methyl sites for hydroxylation is 1. The number of ether oxygens (including phenoxy) is 2. The second-order valence-corrected chi connectivity index (χ2v) is 16.5. The van der Waals surface area contributed by atoms with Gasteiger partial charge in [0.2, 0.25) is 12.7 Å². The molecule has 4 heterocycles. The molecule has 2 aromatic carbocycles. The van der Waals surface area contributed by atoms with E-state index < -0.39 is 12.1 Å². The molecule has 53 heavy (non-hydrogen) atoms. The Bertz CT molecular complexity index is 1670. The summed E-state index contributed by atoms with van der Waals surface area (Å²) in [5.74, 6) is 1.50. The Hall–Kier alpha value is -3.48. The van der Waals surface area contributed by atoms with E-state index in [0.29, 0.717) is 35.7 Å². The molecule has 3 N–H and O–H groups in total. The van der Waals surface area contributed by atoms with Gasteiger partial charge in [0.05, 0.1) is 18.2 Å². The van der Waals surface area contributed by atoms with Crippen molar-refractivity contribution < 1.29 is 24.5 Å². The molecule has 0 aliphatic carbocycles. The number of phenols is 2. The quantitative estimate of drug-likeness (QED) is 0.139. The highest BCUT2D eigenvalue weighted by molar-refractivity contribution is 5.78. The number of piperazine rings is 1. The van der Waals surface area contributed by atoms with Crippen molar-refractivity contribution >= 4 is 5.91 Å². The fraction of sp³-hybridized carbons (Fsp3) is 0.682. The molecule has 9 nitrogen and oxygen atoms in total. The summed E-state index contributed by atoms with van der Waals surface area (Å²) in [6.45, 7) is 10.4. The molecule has 2 aromatic rings. The van der Waals surface area contributed by atoms with E-state index in [1.807, 2.05) is 27.7 Å². The Kier molecular flexibility index (Phi) is 12.8. The second kappa shape index (κ2) is 17.3. The predicted octanol–water partition coefficient (Wildman–Crippen LogP) is 8.76. The zero-order valence-electron chi connectivity index (χ0n) is 33.2. The molecule has 1 saturated heterocycles. The lowest BCUT2D eigenvalue weighted by molar-refractivity contribution is -0.125. The van der Waals surface area contributed by atoms with Crippen LogP contribution in [0.25, 0.3) is 0 Å². The number of fused-ring (bicyclic) bond motifs is 9. The zero-order chi connectivity index (χ0) is 37.8. The molecule has 1 fully saturated rings. The third-order valence-corrected chi connectivity index (χ3v) is 13.1. The third kappa shape index (κ3) is 7.73. The third-order valence-electron chi connectivity index (χ3n) is 13.1. The minimum atomic E-state index is -0.488. The molecule has 0 radical (unpaired) electrons. The van der Waals surface area contributed by atoms with Crippen LogP contribution in [0.15, 0.2) is 6.07 Å². The number of benzene rings is 2. The summed E-state index contributed by atoms with van der Waals surface area (Å²) in [6, 6.07) is 3.35. The first-order valence-electron chi connectivity index (χ1n) is 20.7. The van der Waals surface area contributed by atoms with Crippen molar-refractivity contribution in [1.82, 2.24) is 15.1 Å². The van der Waals surface area contributed by atoms with E-state index in [1.165, 1.54) is 70.6 Å². The monoisotopic (exact) mass is 728 g/mol. The molecule has 4 aliphatic rings. The number of phenolic OH excluding ortho intramolecular Hbond substituents is 2. The number of aromatic hydroxyl groups is 2. The molecule has 0 saturated carbocycles. The number of nitrogens with one attached hydrogen (secondary N) is 1. The number of carbonyl (C=O) groups is 1. The Morgan fingerprint density at radius 1 is 0.887 bits per heavy atom. The second-order valence-electron chi connectivity index (χ2n) is 16.5. The minimum absolute atomic E-state index is 0.00896. The molecule has 2 unspecified atom stereocenters. The summed E-state index contributed by atoms with van der Waals surface area (Å²) in [5, 5.41) is 37.5. The molecular weight excluding hydrogens is 665 g/mol. The van der Waals surface area contributed by atoms with Crippen LogP contribution in [0.3, 0.4) is 0 Å². The fourth-order valence-corrected chi connectivity index (χ4v) is 9.88. The van der Waals surface area contributed by atoms with Crippen LogP contribution in [0, 0.1) is 38.0 Å². The SMILES string of the molecule is CCCCCCCCCCCCCCCC(C)C(=O)NC[C@H]1c2c(c(O)c(C)c3c2OCO3)CC2[C@H]3c4c(cc(C)c(C)c4O)C[C@@H]([C@H](C#N)N21)N3C. The topological polar surface area (TPSA) is 118 Å². The maximum atomic E-state index is 13.7. The summed E-state index contributed by atoms with van der Waals surface area (Å²) in [4.78, 5) is 18.2. The van der Waals surface area contributed by atoms with E-state index >= 15 is 0 Å². The van der Waals surface area contributed by atoms with Gasteiger partial charge in [-0.15, -0.1) is 0 Å². The van der Waals surface area contributed by atoms with Crippen LogP contribution >= 0.6 is 0 Å². The van der Waals surface area contributed by atoms with Crippen molar-refractivity contribution in [3.63, 3.8) is 0 Å². The number of amides is 1. The van der Waals surface area contributed by atoms with Gasteiger partial charge in [-0.2, -0.15) is 5.26 Å². The Morgan fingerprint density at radius 2 is 1.51 bits per heavy atom. The maximum absolute atomic E-state index is 13.7. The van der Waals surface area contributed by atoms with Gasteiger partial charge in [-0.3, -0.25) is 14.6 Å². The van der Waals surface area contributed by atoms with Crippen LogP contribution in [0.4, 0.5) is 0 Å². The number of hydrogen-bond acceptors (Lipinski definition) is 8. The number of hydrogen-bond donors (Lipinski definition) is 3. The van der Waals surface area contributed by atoms with E-state index in [0.717, 1.165) is 52.6 Å². The first-order valence-corrected chi connectivity index (χ1v) is 20.7. The lowest BCUT2D eigenvalue weighted by atomic mass is 9.71. The van der Waals surface area contributed by atoms with Gasteiger partial charge < -0.3 is 25.0 Å². The lowest BCUT2D eigenvalue weighted by Gasteiger charge is -2.60. The van der Waals surface area contributed by atoms with Gasteiger partial charge in [-0.1, -0.05) is 103 Å². The summed E-state index contributed by atoms with van der Waals surface area (Å²) in [5.41, 5.74) is 6.10. The Labute approximate surface area is 318 Å². The van der Waals surface area contributed by atoms with Crippen LogP contribution in [-0.2, 0) is 17.6 Å². The Balaban J connectivity index is 1.15. The molecule has 6 rings (SSSR count). The maximum Gasteiger partial charge on any atom is 0.231 e. The van der Waals surface area contributed by atoms with Gasteiger partial charge in [0.15, 0.2) is 11.5 Å². The van der Waals surface area contributed by atoms with Gasteiger partial charge in [0.25, 0.3) is 0 Å². The van der Waals surface area contributed by atoms with Gasteiger partial charge >= 0.3 is 0 Å². The molecule has 0 spiro atoms. The first kappa shape index (κ1) is 39.2. The standard InChI is InChI=1S/C44H64N4O5/c1-7-8-9-10-11-12-13-14-15-16-17-18-19-20-27(2)44(51)46-25-36-38-32(40(49)30(5)42-43(38)53-26-52-42)23-34-39-37-31(21-28(3)29(4)41(37)50)22-33(47(39)6)35(24-45)48(34)36/h21,27,33-36,39,49-50H,7-20,22-23,25-26H2,1-6H3,(H,46,51)/t27?,33-,34?,35-,36-,39-/m0/s1. The molecule has 6 atom stereocenters. The molecular formula is C44H64N4O5. The van der Waals surface area contributed by atoms with Crippen molar-refractivity contribution in [3.05, 3.63) is 45.0 Å². The number of nitrogens with zero attached hydrogens (tertiary/aromatic N) is 3. The normalized spacial score (nSPS) is 23.5. The molecule has 0 aromatic heterocycles. The van der Waals surface area contributed by atoms with Crippen molar-refractivity contribution in [1.29, 1.82) is 5.26 Å². The van der Waals surface area contributed by atoms with E-state index in [9.17, 15) is 20.3 Å². The van der Waals surface area contributed by atoms with Crippen molar-refractivity contribution in [2.24, 2.45) is 5.92 Å². The smallest absolute Gasteiger partial charge is 0.231 e. The van der Waals surface area contributed by atoms with Crippen LogP contribution in [0.2, 0.25) is 0 Å². The van der Waals surface area contributed by atoms with Crippen molar-refractivity contribution in [3.8, 4) is 29.1 Å². The zero-order valence-corrected chi connectivity index (χ0v) is 33.2. The van der Waals surface area contributed by atoms with Crippen LogP contribution in [-0.4, -0.2) is 64.4 Å². The van der Waals surface area contributed by atoms with Gasteiger partial charge in [0.1, 0.15) is 17.5 Å². The van der Waals surface area contributed by atoms with Crippen molar-refractivity contribution in [2.75, 3.05) is 20.4 Å². The summed E-state index contributed by atoms with van der Waals surface area (Å²) < 4.78 is 12.0. The number of nitriles is 1. The first-order chi connectivity index (χ1) is 25.6. The number of likely N-dealkylation sites (N-methyl/N-ethyl adjacent to an activating group) is 1. The highest BCUT2D eigenvalue weighted by atomic mass is 16.7. The van der Waals surface area contributed by atoms with Crippen LogP contribution in [0.5, 0.6) is 23.0 Å².